The van der Waals surface area contributed by atoms with Crippen LogP contribution in [0.1, 0.15) is 60.1 Å². The molecule has 0 radical (unpaired) electrons. The number of fused-ring (bicyclic) bond motifs is 1. The number of halogens is 4. The number of methoxy groups -OCH3 is 2. The van der Waals surface area contributed by atoms with Crippen molar-refractivity contribution in [3.05, 3.63) is 87.4 Å². The Morgan fingerprint density at radius 1 is 0.929 bits per heavy atom. The van der Waals surface area contributed by atoms with E-state index in [1.807, 2.05) is 53.4 Å². The van der Waals surface area contributed by atoms with Crippen molar-refractivity contribution in [2.24, 2.45) is 5.41 Å². The second-order valence-electron chi connectivity index (χ2n) is 15.3. The number of nitrogens with zero attached hydrogens (tertiary/aromatic N) is 4. The zero-order valence-corrected chi connectivity index (χ0v) is 31.9. The molecular formula is C41H41ClF3N5O6. The van der Waals surface area contributed by atoms with Crippen molar-refractivity contribution in [3.8, 4) is 40.0 Å². The number of carboxylic acid groups (broad SMARTS) is 1. The number of rotatable bonds is 12. The number of aromatic nitrogens is 2. The summed E-state index contributed by atoms with van der Waals surface area (Å²) in [6, 6.07) is 16.2. The van der Waals surface area contributed by atoms with Crippen LogP contribution in [0.3, 0.4) is 0 Å². The molecule has 1 saturated carbocycles. The first-order chi connectivity index (χ1) is 26.7. The van der Waals surface area contributed by atoms with Crippen LogP contribution in [0.15, 0.2) is 54.6 Å². The maximum Gasteiger partial charge on any atom is 0.421 e. The van der Waals surface area contributed by atoms with E-state index < -0.39 is 35.2 Å². The number of pyridine rings is 2. The van der Waals surface area contributed by atoms with E-state index in [4.69, 9.17) is 30.8 Å². The minimum Gasteiger partial charge on any atom is -0.481 e. The van der Waals surface area contributed by atoms with Crippen LogP contribution in [-0.4, -0.2) is 82.7 Å². The van der Waals surface area contributed by atoms with Crippen LogP contribution in [0, 0.1) is 5.41 Å². The summed E-state index contributed by atoms with van der Waals surface area (Å²) in [6.07, 6.45) is -3.83. The predicted octanol–water partition coefficient (Wildman–Crippen LogP) is 6.94. The molecule has 2 aromatic carbocycles. The van der Waals surface area contributed by atoms with Gasteiger partial charge in [0.1, 0.15) is 17.2 Å². The molecule has 4 heterocycles. The van der Waals surface area contributed by atoms with Crippen LogP contribution in [0.25, 0.3) is 22.4 Å². The van der Waals surface area contributed by atoms with Gasteiger partial charge >= 0.3 is 12.1 Å². The monoisotopic (exact) mass is 791 g/mol. The highest BCUT2D eigenvalue weighted by atomic mass is 35.5. The van der Waals surface area contributed by atoms with E-state index in [0.717, 1.165) is 60.1 Å². The SMILES string of the molecule is COc1nc(-c2cccc(-c3cccc4c3CC[C@@H]4Oc3nc(OC)c(CNC4(C(=O)O)CC4)cc3C(F)(F)F)c2Cl)ccc1CN1CC2(C1)CN(C(C)=O)C2. The Balaban J connectivity index is 1.02. The van der Waals surface area contributed by atoms with Crippen molar-refractivity contribution >= 4 is 23.5 Å². The Labute approximate surface area is 326 Å². The van der Waals surface area contributed by atoms with Gasteiger partial charge in [-0.2, -0.15) is 18.2 Å². The van der Waals surface area contributed by atoms with E-state index in [9.17, 15) is 27.9 Å². The number of amides is 1. The molecule has 1 spiro atoms. The summed E-state index contributed by atoms with van der Waals surface area (Å²) in [5.41, 5.74) is 3.55. The summed E-state index contributed by atoms with van der Waals surface area (Å²) < 4.78 is 60.5. The fraction of sp³-hybridized carbons (Fsp3) is 0.415. The van der Waals surface area contributed by atoms with Crippen molar-refractivity contribution in [1.29, 1.82) is 0 Å². The number of benzene rings is 2. The standard InChI is InChI=1S/C41H41ClF3N5O6/c1-23(51)50-21-39(22-50)19-49(20-39)18-24-10-12-32(47-35(24)54-2)30-9-5-8-29(34(30)42)26-6-4-7-28-27(26)11-13-33(28)56-37-31(41(43,44)45)16-25(36(48-37)55-3)17-46-40(14-15-40)38(52)53/h4-10,12,16,33,46H,11,13-15,17-22H2,1-3H3,(H,52,53)/t33-/m0/s1. The summed E-state index contributed by atoms with van der Waals surface area (Å²) in [4.78, 5) is 36.5. The van der Waals surface area contributed by atoms with Crippen LogP contribution >= 0.6 is 11.6 Å². The highest BCUT2D eigenvalue weighted by Crippen LogP contribution is 2.47. The van der Waals surface area contributed by atoms with Gasteiger partial charge in [0.05, 0.1) is 24.9 Å². The summed E-state index contributed by atoms with van der Waals surface area (Å²) >= 11 is 7.14. The maximum absolute atomic E-state index is 14.5. The Hall–Kier alpha value is -4.92. The van der Waals surface area contributed by atoms with Gasteiger partial charge in [-0.05, 0) is 54.5 Å². The van der Waals surface area contributed by atoms with Gasteiger partial charge in [0.25, 0.3) is 0 Å². The zero-order chi connectivity index (χ0) is 39.6. The van der Waals surface area contributed by atoms with Gasteiger partial charge in [0.2, 0.25) is 23.5 Å². The molecule has 4 aromatic rings. The number of aliphatic carboxylic acids is 1. The first-order valence-electron chi connectivity index (χ1n) is 18.5. The van der Waals surface area contributed by atoms with Crippen LogP contribution in [0.4, 0.5) is 13.2 Å². The first kappa shape index (κ1) is 38.0. The maximum atomic E-state index is 14.5. The van der Waals surface area contributed by atoms with Crippen LogP contribution in [-0.2, 0) is 35.3 Å². The molecular weight excluding hydrogens is 751 g/mol. The number of likely N-dealkylation sites (tertiary alicyclic amines) is 2. The lowest BCUT2D eigenvalue weighted by molar-refractivity contribution is -0.157. The van der Waals surface area contributed by atoms with Crippen molar-refractivity contribution < 1.29 is 42.1 Å². The number of hydrogen-bond acceptors (Lipinski definition) is 9. The summed E-state index contributed by atoms with van der Waals surface area (Å²) in [6.45, 7) is 5.54. The van der Waals surface area contributed by atoms with Crippen molar-refractivity contribution in [3.63, 3.8) is 0 Å². The molecule has 2 N–H and O–H groups in total. The molecule has 2 aromatic heterocycles. The van der Waals surface area contributed by atoms with Crippen molar-refractivity contribution in [2.75, 3.05) is 40.4 Å². The number of carbonyl (C=O) groups excluding carboxylic acids is 1. The summed E-state index contributed by atoms with van der Waals surface area (Å²) in [5, 5.41) is 12.8. The summed E-state index contributed by atoms with van der Waals surface area (Å²) in [7, 11) is 2.89. The molecule has 11 nitrogen and oxygen atoms in total. The number of carboxylic acids is 1. The van der Waals surface area contributed by atoms with Gasteiger partial charge in [-0.1, -0.05) is 54.1 Å². The molecule has 56 heavy (non-hydrogen) atoms. The molecule has 294 valence electrons. The van der Waals surface area contributed by atoms with Crippen LogP contribution in [0.5, 0.6) is 17.6 Å². The predicted molar refractivity (Wildman–Crippen MR) is 201 cm³/mol. The highest BCUT2D eigenvalue weighted by molar-refractivity contribution is 6.36. The molecule has 2 saturated heterocycles. The third kappa shape index (κ3) is 6.92. The lowest BCUT2D eigenvalue weighted by Crippen LogP contribution is -2.72. The molecule has 15 heteroatoms. The number of carbonyl (C=O) groups is 2. The lowest BCUT2D eigenvalue weighted by atomic mass is 9.72. The normalized spacial score (nSPS) is 19.2. The minimum absolute atomic E-state index is 0.0753. The van der Waals surface area contributed by atoms with Crippen molar-refractivity contribution in [1.82, 2.24) is 25.1 Å². The number of alkyl halides is 3. The number of hydrogen-bond donors (Lipinski definition) is 2. The van der Waals surface area contributed by atoms with Gasteiger partial charge in [0.15, 0.2) is 0 Å². The van der Waals surface area contributed by atoms with E-state index in [1.165, 1.54) is 7.11 Å². The topological polar surface area (TPSA) is 126 Å². The Morgan fingerprint density at radius 3 is 2.27 bits per heavy atom. The molecule has 3 fully saturated rings. The molecule has 4 aliphatic rings. The highest BCUT2D eigenvalue weighted by Gasteiger charge is 2.52. The molecule has 1 amide bonds. The number of nitrogens with one attached hydrogen (secondary N) is 1. The third-order valence-corrected chi connectivity index (χ3v) is 11.9. The van der Waals surface area contributed by atoms with Crippen molar-refractivity contribution in [2.45, 2.75) is 63.5 Å². The van der Waals surface area contributed by atoms with Gasteiger partial charge in [-0.15, -0.1) is 0 Å². The minimum atomic E-state index is -4.80. The lowest BCUT2D eigenvalue weighted by Gasteiger charge is -2.60. The molecule has 8 rings (SSSR count). The Morgan fingerprint density at radius 2 is 1.61 bits per heavy atom. The van der Waals surface area contributed by atoms with Gasteiger partial charge < -0.3 is 24.2 Å². The smallest absolute Gasteiger partial charge is 0.421 e. The second kappa shape index (κ2) is 14.2. The first-order valence-corrected chi connectivity index (χ1v) is 18.8. The fourth-order valence-electron chi connectivity index (χ4n) is 8.40. The van der Waals surface area contributed by atoms with E-state index in [-0.39, 0.29) is 29.3 Å². The molecule has 2 aliphatic carbocycles. The largest absolute Gasteiger partial charge is 0.481 e. The molecule has 0 unspecified atom stereocenters. The molecule has 0 bridgehead atoms. The average Bonchev–Trinajstić information content (AvgIpc) is 3.83. The van der Waals surface area contributed by atoms with E-state index in [1.54, 1.807) is 14.0 Å². The van der Waals surface area contributed by atoms with Gasteiger partial charge in [-0.3, -0.25) is 19.8 Å². The quantitative estimate of drug-likeness (QED) is 0.156. The van der Waals surface area contributed by atoms with Gasteiger partial charge in [0, 0.05) is 73.9 Å². The van der Waals surface area contributed by atoms with Crippen LogP contribution < -0.4 is 19.5 Å². The molecule has 1 atom stereocenters. The fourth-order valence-corrected chi connectivity index (χ4v) is 8.72. The summed E-state index contributed by atoms with van der Waals surface area (Å²) in [5.74, 6) is -1.13. The van der Waals surface area contributed by atoms with Crippen LogP contribution in [0.2, 0.25) is 5.02 Å². The Bertz CT molecular complexity index is 2220. The van der Waals surface area contributed by atoms with Gasteiger partial charge in [-0.25, -0.2) is 4.98 Å². The Kier molecular flexibility index (Phi) is 9.65. The van der Waals surface area contributed by atoms with E-state index in [2.05, 4.69) is 15.2 Å². The van der Waals surface area contributed by atoms with E-state index in [0.29, 0.717) is 54.4 Å². The van der Waals surface area contributed by atoms with E-state index >= 15 is 0 Å². The zero-order valence-electron chi connectivity index (χ0n) is 31.1. The number of ether oxygens (including phenoxy) is 3. The molecule has 2 aliphatic heterocycles. The second-order valence-corrected chi connectivity index (χ2v) is 15.7. The average molecular weight is 792 g/mol. The third-order valence-electron chi connectivity index (χ3n) is 11.5.